The Bertz CT molecular complexity index is 1680. The summed E-state index contributed by atoms with van der Waals surface area (Å²) >= 11 is 2.47. The minimum absolute atomic E-state index is 0.0314. The van der Waals surface area contributed by atoms with Gasteiger partial charge < -0.3 is 10.1 Å². The second-order valence-electron chi connectivity index (χ2n) is 9.44. The van der Waals surface area contributed by atoms with Crippen molar-refractivity contribution in [2.75, 3.05) is 30.8 Å². The summed E-state index contributed by atoms with van der Waals surface area (Å²) in [5, 5.41) is 23.5. The Morgan fingerprint density at radius 3 is 2.37 bits per heavy atom. The molecule has 2 amide bonds. The molecule has 0 bridgehead atoms. The van der Waals surface area contributed by atoms with Gasteiger partial charge in [-0.05, 0) is 75.2 Å². The molecule has 0 saturated carbocycles. The number of anilines is 1. The van der Waals surface area contributed by atoms with E-state index in [1.807, 2.05) is 31.2 Å². The number of aryl methyl sites for hydroxylation is 1. The molecule has 226 valence electrons. The molecule has 43 heavy (non-hydrogen) atoms. The van der Waals surface area contributed by atoms with Crippen molar-refractivity contribution in [2.24, 2.45) is 0 Å². The monoisotopic (exact) mass is 642 g/mol. The van der Waals surface area contributed by atoms with E-state index in [1.54, 1.807) is 11.5 Å². The van der Waals surface area contributed by atoms with Crippen LogP contribution in [0.25, 0.3) is 5.69 Å². The van der Waals surface area contributed by atoms with E-state index in [2.05, 4.69) is 31.0 Å². The fourth-order valence-electron chi connectivity index (χ4n) is 4.38. The molecule has 3 heterocycles. The van der Waals surface area contributed by atoms with Crippen LogP contribution in [0.1, 0.15) is 41.0 Å². The van der Waals surface area contributed by atoms with Gasteiger partial charge in [0.1, 0.15) is 10.8 Å². The summed E-state index contributed by atoms with van der Waals surface area (Å²) in [6.07, 6.45) is 1.69. The van der Waals surface area contributed by atoms with E-state index < -0.39 is 15.9 Å². The number of carbonyl (C=O) groups is 2. The van der Waals surface area contributed by atoms with E-state index in [0.717, 1.165) is 23.5 Å². The molecule has 1 fully saturated rings. The Morgan fingerprint density at radius 1 is 1.00 bits per heavy atom. The Morgan fingerprint density at radius 2 is 1.72 bits per heavy atom. The summed E-state index contributed by atoms with van der Waals surface area (Å²) in [4.78, 5) is 25.7. The SMILES string of the molecule is CCOc1ccc(-n2c(CNC(=O)c3ccc(S(=O)(=O)N4CCCC4)cc3)nnc2SCC(=O)Nc2nnc(C)s2)cc1. The largest absolute Gasteiger partial charge is 0.494 e. The van der Waals surface area contributed by atoms with Crippen molar-refractivity contribution < 1.29 is 22.7 Å². The van der Waals surface area contributed by atoms with Gasteiger partial charge in [-0.25, -0.2) is 8.42 Å². The van der Waals surface area contributed by atoms with Crippen LogP contribution >= 0.6 is 23.1 Å². The van der Waals surface area contributed by atoms with E-state index in [1.165, 1.54) is 51.7 Å². The van der Waals surface area contributed by atoms with Gasteiger partial charge in [-0.1, -0.05) is 23.1 Å². The summed E-state index contributed by atoms with van der Waals surface area (Å²) in [5.74, 6) is 0.519. The first-order chi connectivity index (χ1) is 20.7. The maximum Gasteiger partial charge on any atom is 0.251 e. The molecule has 4 aromatic rings. The lowest BCUT2D eigenvalue weighted by molar-refractivity contribution is -0.113. The van der Waals surface area contributed by atoms with Crippen molar-refractivity contribution in [3.8, 4) is 11.4 Å². The molecule has 1 aliphatic heterocycles. The van der Waals surface area contributed by atoms with Gasteiger partial charge in [-0.3, -0.25) is 19.5 Å². The molecule has 2 aromatic heterocycles. The first-order valence-electron chi connectivity index (χ1n) is 13.5. The summed E-state index contributed by atoms with van der Waals surface area (Å²) in [6, 6.07) is 13.2. The normalized spacial score (nSPS) is 13.6. The topological polar surface area (TPSA) is 161 Å². The van der Waals surface area contributed by atoms with Crippen LogP contribution in [0, 0.1) is 6.92 Å². The molecule has 1 aliphatic rings. The Hall–Kier alpha value is -3.86. The molecule has 0 unspecified atom stereocenters. The average Bonchev–Trinajstić information content (AvgIpc) is 3.78. The highest BCUT2D eigenvalue weighted by Gasteiger charge is 2.27. The molecule has 2 aromatic carbocycles. The zero-order valence-corrected chi connectivity index (χ0v) is 26.0. The van der Waals surface area contributed by atoms with Crippen LogP contribution in [-0.2, 0) is 21.4 Å². The number of nitrogens with one attached hydrogen (secondary N) is 2. The Labute approximate surface area is 257 Å². The van der Waals surface area contributed by atoms with Gasteiger partial charge in [0.15, 0.2) is 11.0 Å². The molecule has 13 nitrogen and oxygen atoms in total. The van der Waals surface area contributed by atoms with E-state index >= 15 is 0 Å². The number of nitrogens with zero attached hydrogens (tertiary/aromatic N) is 6. The number of amides is 2. The van der Waals surface area contributed by atoms with Crippen LogP contribution in [0.15, 0.2) is 58.6 Å². The Balaban J connectivity index is 1.29. The van der Waals surface area contributed by atoms with Crippen molar-refractivity contribution >= 4 is 50.1 Å². The van der Waals surface area contributed by atoms with Gasteiger partial charge >= 0.3 is 0 Å². The quantitative estimate of drug-likeness (QED) is 0.220. The van der Waals surface area contributed by atoms with Crippen LogP contribution in [-0.4, -0.2) is 74.9 Å². The number of thioether (sulfide) groups is 1. The van der Waals surface area contributed by atoms with Crippen LogP contribution in [0.3, 0.4) is 0 Å². The van der Waals surface area contributed by atoms with E-state index in [-0.39, 0.29) is 23.1 Å². The van der Waals surface area contributed by atoms with E-state index in [4.69, 9.17) is 4.74 Å². The molecule has 0 spiro atoms. The molecular weight excluding hydrogens is 613 g/mol. The fourth-order valence-corrected chi connectivity index (χ4v) is 7.27. The maximum atomic E-state index is 13.0. The number of hydrogen-bond donors (Lipinski definition) is 2. The number of ether oxygens (including phenoxy) is 1. The number of benzene rings is 2. The van der Waals surface area contributed by atoms with E-state index in [9.17, 15) is 18.0 Å². The van der Waals surface area contributed by atoms with Gasteiger partial charge in [0.25, 0.3) is 5.91 Å². The molecule has 0 radical (unpaired) electrons. The first-order valence-corrected chi connectivity index (χ1v) is 16.8. The first kappa shape index (κ1) is 30.6. The van der Waals surface area contributed by atoms with Crippen molar-refractivity contribution in [2.45, 2.75) is 43.3 Å². The number of rotatable bonds is 12. The van der Waals surface area contributed by atoms with Crippen LogP contribution in [0.2, 0.25) is 0 Å². The molecule has 5 rings (SSSR count). The highest BCUT2D eigenvalue weighted by molar-refractivity contribution is 7.99. The summed E-state index contributed by atoms with van der Waals surface area (Å²) in [7, 11) is -3.57. The molecule has 0 aliphatic carbocycles. The zero-order chi connectivity index (χ0) is 30.4. The second-order valence-corrected chi connectivity index (χ2v) is 13.5. The third kappa shape index (κ3) is 7.38. The van der Waals surface area contributed by atoms with Crippen molar-refractivity contribution in [1.82, 2.24) is 34.6 Å². The fraction of sp³-hybridized carbons (Fsp3) is 0.333. The lowest BCUT2D eigenvalue weighted by atomic mass is 10.2. The van der Waals surface area contributed by atoms with Crippen molar-refractivity contribution in [3.05, 3.63) is 64.9 Å². The minimum Gasteiger partial charge on any atom is -0.494 e. The predicted octanol–water partition coefficient (Wildman–Crippen LogP) is 3.27. The average molecular weight is 643 g/mol. The standard InChI is InChI=1S/C27H30N8O5S3/c1-3-40-21-10-8-20(9-11-21)35-23(31-33-27(35)41-17-24(36)29-26-32-30-18(2)42-26)16-28-25(37)19-6-12-22(13-7-19)43(38,39)34-14-4-5-15-34/h6-13H,3-5,14-17H2,1-2H3,(H,28,37)(H,29,32,36). The molecule has 2 N–H and O–H groups in total. The lowest BCUT2D eigenvalue weighted by Crippen LogP contribution is -2.28. The molecule has 16 heteroatoms. The number of sulfonamides is 1. The third-order valence-corrected chi connectivity index (χ3v) is 10.0. The van der Waals surface area contributed by atoms with Gasteiger partial charge in [-0.15, -0.1) is 20.4 Å². The van der Waals surface area contributed by atoms with Crippen LogP contribution < -0.4 is 15.4 Å². The molecular formula is C27H30N8O5S3. The number of carbonyl (C=O) groups excluding carboxylic acids is 2. The van der Waals surface area contributed by atoms with Gasteiger partial charge in [0.05, 0.1) is 23.8 Å². The zero-order valence-electron chi connectivity index (χ0n) is 23.5. The number of aromatic nitrogens is 5. The maximum absolute atomic E-state index is 13.0. The summed E-state index contributed by atoms with van der Waals surface area (Å²) in [6.45, 7) is 5.28. The van der Waals surface area contributed by atoms with Crippen molar-refractivity contribution in [1.29, 1.82) is 0 Å². The predicted molar refractivity (Wildman–Crippen MR) is 162 cm³/mol. The lowest BCUT2D eigenvalue weighted by Gasteiger charge is -2.15. The van der Waals surface area contributed by atoms with E-state index in [0.29, 0.717) is 47.1 Å². The molecule has 0 atom stereocenters. The Kier molecular flexibility index (Phi) is 9.69. The van der Waals surface area contributed by atoms with Crippen LogP contribution in [0.5, 0.6) is 5.75 Å². The second kappa shape index (κ2) is 13.6. The highest BCUT2D eigenvalue weighted by atomic mass is 32.2. The number of hydrogen-bond acceptors (Lipinski definition) is 11. The summed E-state index contributed by atoms with van der Waals surface area (Å²) in [5.41, 5.74) is 1.03. The third-order valence-electron chi connectivity index (χ3n) is 6.44. The minimum atomic E-state index is -3.57. The summed E-state index contributed by atoms with van der Waals surface area (Å²) < 4.78 is 34.4. The van der Waals surface area contributed by atoms with Crippen molar-refractivity contribution in [3.63, 3.8) is 0 Å². The van der Waals surface area contributed by atoms with Crippen LogP contribution in [0.4, 0.5) is 5.13 Å². The highest BCUT2D eigenvalue weighted by Crippen LogP contribution is 2.25. The van der Waals surface area contributed by atoms with Gasteiger partial charge in [0, 0.05) is 24.3 Å². The van der Waals surface area contributed by atoms with Gasteiger partial charge in [-0.2, -0.15) is 4.31 Å². The smallest absolute Gasteiger partial charge is 0.251 e. The van der Waals surface area contributed by atoms with Gasteiger partial charge in [0.2, 0.25) is 21.1 Å². The molecule has 1 saturated heterocycles.